The van der Waals surface area contributed by atoms with Crippen molar-refractivity contribution in [1.29, 1.82) is 0 Å². The molecule has 6 heteroatoms. The summed E-state index contributed by atoms with van der Waals surface area (Å²) in [7, 11) is 0. The van der Waals surface area contributed by atoms with E-state index in [1.54, 1.807) is 30.3 Å². The molecule has 0 unspecified atom stereocenters. The van der Waals surface area contributed by atoms with Crippen LogP contribution < -0.4 is 0 Å². The molecule has 0 aromatic heterocycles. The number of nitrogens with zero attached hydrogens (tertiary/aromatic N) is 1. The predicted octanol–water partition coefficient (Wildman–Crippen LogP) is 2.01. The molecule has 1 N–H and O–H groups in total. The van der Waals surface area contributed by atoms with Gasteiger partial charge in [-0.05, 0) is 12.1 Å². The Labute approximate surface area is 137 Å². The lowest BCUT2D eigenvalue weighted by molar-refractivity contribution is -0.137. The first-order valence-electron chi connectivity index (χ1n) is 7.28. The predicted molar refractivity (Wildman–Crippen MR) is 83.8 cm³/mol. The maximum absolute atomic E-state index is 12.7. The molecule has 2 aromatic carbocycles. The molecule has 120 valence electrons. The molecule has 1 atom stereocenters. The van der Waals surface area contributed by atoms with Crippen molar-refractivity contribution in [1.82, 2.24) is 4.90 Å². The first-order valence-corrected chi connectivity index (χ1v) is 7.28. The Hall–Kier alpha value is -3.28. The van der Waals surface area contributed by atoms with E-state index in [0.29, 0.717) is 0 Å². The van der Waals surface area contributed by atoms with Crippen LogP contribution in [0.25, 0.3) is 0 Å². The normalized spacial score (nSPS) is 14.4. The molecule has 0 spiro atoms. The fourth-order valence-corrected chi connectivity index (χ4v) is 2.75. The quantitative estimate of drug-likeness (QED) is 0.671. The third-order valence-electron chi connectivity index (χ3n) is 3.87. The number of amides is 2. The number of ketones is 1. The van der Waals surface area contributed by atoms with Gasteiger partial charge in [-0.1, -0.05) is 42.5 Å². The van der Waals surface area contributed by atoms with Gasteiger partial charge in [0, 0.05) is 5.56 Å². The molecule has 0 saturated heterocycles. The number of imide groups is 1. The van der Waals surface area contributed by atoms with Gasteiger partial charge in [-0.2, -0.15) is 0 Å². The SMILES string of the molecule is O=C(O)C[C@@H](C(=O)c1ccccc1)N1C(=O)c2ccccc2C1=O. The second-order valence-corrected chi connectivity index (χ2v) is 5.37. The number of rotatable bonds is 5. The highest BCUT2D eigenvalue weighted by molar-refractivity contribution is 6.24. The number of carboxylic acids is 1. The van der Waals surface area contributed by atoms with Gasteiger partial charge in [0.1, 0.15) is 6.04 Å². The van der Waals surface area contributed by atoms with E-state index in [4.69, 9.17) is 5.11 Å². The highest BCUT2D eigenvalue weighted by Gasteiger charge is 2.43. The zero-order chi connectivity index (χ0) is 17.3. The number of carboxylic acid groups (broad SMARTS) is 1. The van der Waals surface area contributed by atoms with Crippen LogP contribution in [0.2, 0.25) is 0 Å². The summed E-state index contributed by atoms with van der Waals surface area (Å²) < 4.78 is 0. The van der Waals surface area contributed by atoms with Crippen LogP contribution in [0.4, 0.5) is 0 Å². The van der Waals surface area contributed by atoms with E-state index >= 15 is 0 Å². The van der Waals surface area contributed by atoms with Crippen LogP contribution in [0.5, 0.6) is 0 Å². The summed E-state index contributed by atoms with van der Waals surface area (Å²) >= 11 is 0. The number of aliphatic carboxylic acids is 1. The molecule has 3 rings (SSSR count). The first kappa shape index (κ1) is 15.6. The summed E-state index contributed by atoms with van der Waals surface area (Å²) in [6.45, 7) is 0. The maximum Gasteiger partial charge on any atom is 0.305 e. The van der Waals surface area contributed by atoms with Crippen molar-refractivity contribution in [3.63, 3.8) is 0 Å². The molecule has 24 heavy (non-hydrogen) atoms. The topological polar surface area (TPSA) is 91.8 Å². The molecule has 0 bridgehead atoms. The van der Waals surface area contributed by atoms with Gasteiger partial charge in [0.2, 0.25) is 0 Å². The number of fused-ring (bicyclic) bond motifs is 1. The van der Waals surface area contributed by atoms with Gasteiger partial charge in [0.15, 0.2) is 5.78 Å². The standard InChI is InChI=1S/C18H13NO5/c20-15(21)10-14(16(22)11-6-2-1-3-7-11)19-17(23)12-8-4-5-9-13(12)18(19)24/h1-9,14H,10H2,(H,20,21)/t14-/m0/s1. The van der Waals surface area contributed by atoms with Crippen LogP contribution in [0, 0.1) is 0 Å². The fourth-order valence-electron chi connectivity index (χ4n) is 2.75. The third kappa shape index (κ3) is 2.58. The van der Waals surface area contributed by atoms with E-state index in [0.717, 1.165) is 4.90 Å². The van der Waals surface area contributed by atoms with Gasteiger partial charge in [0.05, 0.1) is 17.5 Å². The molecule has 6 nitrogen and oxygen atoms in total. The molecule has 2 amide bonds. The van der Waals surface area contributed by atoms with Crippen LogP contribution >= 0.6 is 0 Å². The van der Waals surface area contributed by atoms with Crippen LogP contribution in [0.3, 0.4) is 0 Å². The van der Waals surface area contributed by atoms with Crippen molar-refractivity contribution in [2.75, 3.05) is 0 Å². The lowest BCUT2D eigenvalue weighted by Crippen LogP contribution is -2.46. The second kappa shape index (κ2) is 6.08. The van der Waals surface area contributed by atoms with E-state index in [-0.39, 0.29) is 16.7 Å². The molecular weight excluding hydrogens is 310 g/mol. The molecule has 1 aliphatic heterocycles. The van der Waals surface area contributed by atoms with Crippen molar-refractivity contribution < 1.29 is 24.3 Å². The van der Waals surface area contributed by atoms with E-state index < -0.39 is 36.0 Å². The van der Waals surface area contributed by atoms with E-state index in [1.807, 2.05) is 0 Å². The van der Waals surface area contributed by atoms with Crippen LogP contribution in [0.15, 0.2) is 54.6 Å². The molecule has 2 aromatic rings. The lowest BCUT2D eigenvalue weighted by Gasteiger charge is -2.23. The molecule has 0 aliphatic carbocycles. The Bertz CT molecular complexity index is 808. The molecular formula is C18H13NO5. The number of hydrogen-bond donors (Lipinski definition) is 1. The van der Waals surface area contributed by atoms with E-state index in [9.17, 15) is 19.2 Å². The maximum atomic E-state index is 12.7. The minimum atomic E-state index is -1.38. The van der Waals surface area contributed by atoms with Crippen molar-refractivity contribution in [2.45, 2.75) is 12.5 Å². The summed E-state index contributed by atoms with van der Waals surface area (Å²) in [6, 6.07) is 12.8. The van der Waals surface area contributed by atoms with Crippen LogP contribution in [0.1, 0.15) is 37.5 Å². The van der Waals surface area contributed by atoms with Crippen LogP contribution in [-0.2, 0) is 4.79 Å². The summed E-state index contributed by atoms with van der Waals surface area (Å²) in [5.74, 6) is -3.13. The largest absolute Gasteiger partial charge is 0.481 e. The highest BCUT2D eigenvalue weighted by Crippen LogP contribution is 2.27. The smallest absolute Gasteiger partial charge is 0.305 e. The van der Waals surface area contributed by atoms with Crippen molar-refractivity contribution in [3.8, 4) is 0 Å². The number of benzene rings is 2. The third-order valence-corrected chi connectivity index (χ3v) is 3.87. The van der Waals surface area contributed by atoms with Gasteiger partial charge < -0.3 is 5.11 Å². The Morgan fingerprint density at radius 1 is 0.875 bits per heavy atom. The van der Waals surface area contributed by atoms with Crippen molar-refractivity contribution in [2.24, 2.45) is 0 Å². The Morgan fingerprint density at radius 2 is 1.38 bits per heavy atom. The average molecular weight is 323 g/mol. The Balaban J connectivity index is 2.02. The zero-order valence-corrected chi connectivity index (χ0v) is 12.5. The van der Waals surface area contributed by atoms with E-state index in [2.05, 4.69) is 0 Å². The number of carbonyl (C=O) groups is 4. The fraction of sp³-hybridized carbons (Fsp3) is 0.111. The molecule has 1 aliphatic rings. The lowest BCUT2D eigenvalue weighted by atomic mass is 10.00. The average Bonchev–Trinajstić information content (AvgIpc) is 2.84. The Kier molecular flexibility index (Phi) is 3.95. The molecule has 0 fully saturated rings. The zero-order valence-electron chi connectivity index (χ0n) is 12.5. The minimum Gasteiger partial charge on any atom is -0.481 e. The summed E-state index contributed by atoms with van der Waals surface area (Å²) in [5, 5.41) is 9.13. The van der Waals surface area contributed by atoms with Gasteiger partial charge in [-0.15, -0.1) is 0 Å². The van der Waals surface area contributed by atoms with Crippen molar-refractivity contribution >= 4 is 23.6 Å². The molecule has 1 heterocycles. The number of Topliss-reactive ketones (excluding diaryl/α,β-unsaturated/α-hetero) is 1. The van der Waals surface area contributed by atoms with Crippen LogP contribution in [-0.4, -0.2) is 39.6 Å². The first-order chi connectivity index (χ1) is 11.5. The van der Waals surface area contributed by atoms with Crippen molar-refractivity contribution in [3.05, 3.63) is 71.3 Å². The highest BCUT2D eigenvalue weighted by atomic mass is 16.4. The van der Waals surface area contributed by atoms with Gasteiger partial charge in [-0.3, -0.25) is 24.1 Å². The Morgan fingerprint density at radius 3 is 1.88 bits per heavy atom. The molecule has 0 saturated carbocycles. The van der Waals surface area contributed by atoms with E-state index in [1.165, 1.54) is 24.3 Å². The number of hydrogen-bond acceptors (Lipinski definition) is 4. The monoisotopic (exact) mass is 323 g/mol. The van der Waals surface area contributed by atoms with Gasteiger partial charge in [-0.25, -0.2) is 0 Å². The minimum absolute atomic E-state index is 0.179. The van der Waals surface area contributed by atoms with Gasteiger partial charge >= 0.3 is 5.97 Å². The summed E-state index contributed by atoms with van der Waals surface area (Å²) in [4.78, 5) is 49.7. The molecule has 0 radical (unpaired) electrons. The summed E-state index contributed by atoms with van der Waals surface area (Å²) in [6.07, 6.45) is -0.640. The number of carbonyl (C=O) groups excluding carboxylic acids is 3. The van der Waals surface area contributed by atoms with Gasteiger partial charge in [0.25, 0.3) is 11.8 Å². The summed E-state index contributed by atoms with van der Waals surface area (Å²) in [5.41, 5.74) is 0.609. The second-order valence-electron chi connectivity index (χ2n) is 5.37.